The average Bonchev–Trinajstić information content (AvgIpc) is 2.07. The molecular formula is C7H12N4. The fourth-order valence-electron chi connectivity index (χ4n) is 0.827. The summed E-state index contributed by atoms with van der Waals surface area (Å²) in [6.45, 7) is 0.721. The minimum Gasteiger partial charge on any atom is -0.322 e. The van der Waals surface area contributed by atoms with E-state index in [1.165, 1.54) is 0 Å². The van der Waals surface area contributed by atoms with Crippen molar-refractivity contribution >= 4 is 0 Å². The Morgan fingerprint density at radius 3 is 3.00 bits per heavy atom. The number of nitrogens with zero attached hydrogens (tertiary/aromatic N) is 2. The molecule has 11 heavy (non-hydrogen) atoms. The summed E-state index contributed by atoms with van der Waals surface area (Å²) in [5, 5.41) is 2.97. The summed E-state index contributed by atoms with van der Waals surface area (Å²) in [4.78, 5) is 7.99. The first-order valence-corrected chi connectivity index (χ1v) is 3.50. The van der Waals surface area contributed by atoms with Gasteiger partial charge in [-0.3, -0.25) is 9.97 Å². The van der Waals surface area contributed by atoms with Gasteiger partial charge in [-0.1, -0.05) is 0 Å². The van der Waals surface area contributed by atoms with Crippen LogP contribution in [0.4, 0.5) is 0 Å². The summed E-state index contributed by atoms with van der Waals surface area (Å²) in [5.41, 5.74) is 6.56. The highest BCUT2D eigenvalue weighted by Gasteiger charge is 2.04. The molecule has 0 bridgehead atoms. The molecule has 0 amide bonds. The third kappa shape index (κ3) is 2.25. The molecule has 0 saturated heterocycles. The fourth-order valence-corrected chi connectivity index (χ4v) is 0.827. The fraction of sp³-hybridized carbons (Fsp3) is 0.429. The lowest BCUT2D eigenvalue weighted by Gasteiger charge is -2.08. The molecule has 4 nitrogen and oxygen atoms in total. The monoisotopic (exact) mass is 152 g/mol. The number of nitrogens with two attached hydrogens (primary N) is 1. The minimum absolute atomic E-state index is 0.0614. The molecule has 1 aromatic rings. The van der Waals surface area contributed by atoms with Gasteiger partial charge >= 0.3 is 0 Å². The van der Waals surface area contributed by atoms with Gasteiger partial charge in [0.05, 0.1) is 17.9 Å². The van der Waals surface area contributed by atoms with Crippen molar-refractivity contribution in [2.75, 3.05) is 13.6 Å². The number of rotatable bonds is 3. The van der Waals surface area contributed by atoms with Gasteiger partial charge in [-0.05, 0) is 7.05 Å². The molecule has 0 aliphatic heterocycles. The van der Waals surface area contributed by atoms with E-state index in [1.807, 2.05) is 7.05 Å². The molecule has 0 fully saturated rings. The van der Waals surface area contributed by atoms with Gasteiger partial charge < -0.3 is 11.1 Å². The van der Waals surface area contributed by atoms with Crippen LogP contribution in [-0.4, -0.2) is 23.6 Å². The van der Waals surface area contributed by atoms with Crippen molar-refractivity contribution in [3.63, 3.8) is 0 Å². The zero-order valence-electron chi connectivity index (χ0n) is 6.49. The predicted molar refractivity (Wildman–Crippen MR) is 42.9 cm³/mol. The van der Waals surface area contributed by atoms with Crippen LogP contribution in [0.3, 0.4) is 0 Å². The molecule has 1 atom stereocenters. The quantitative estimate of drug-likeness (QED) is 0.624. The van der Waals surface area contributed by atoms with Crippen molar-refractivity contribution in [2.24, 2.45) is 5.73 Å². The van der Waals surface area contributed by atoms with E-state index >= 15 is 0 Å². The van der Waals surface area contributed by atoms with Gasteiger partial charge in [0, 0.05) is 18.9 Å². The van der Waals surface area contributed by atoms with E-state index in [9.17, 15) is 0 Å². The normalized spacial score (nSPS) is 12.9. The topological polar surface area (TPSA) is 63.8 Å². The van der Waals surface area contributed by atoms with Crippen LogP contribution < -0.4 is 11.1 Å². The summed E-state index contributed by atoms with van der Waals surface area (Å²) in [6.07, 6.45) is 4.96. The first-order valence-electron chi connectivity index (χ1n) is 3.50. The van der Waals surface area contributed by atoms with Gasteiger partial charge in [0.1, 0.15) is 0 Å². The van der Waals surface area contributed by atoms with E-state index < -0.39 is 0 Å². The van der Waals surface area contributed by atoms with Crippen LogP contribution in [0.25, 0.3) is 0 Å². The third-order valence-electron chi connectivity index (χ3n) is 1.39. The lowest BCUT2D eigenvalue weighted by atomic mass is 10.2. The van der Waals surface area contributed by atoms with E-state index in [0.717, 1.165) is 12.2 Å². The Morgan fingerprint density at radius 2 is 2.45 bits per heavy atom. The average molecular weight is 152 g/mol. The molecule has 1 heterocycles. The molecule has 1 unspecified atom stereocenters. The Balaban J connectivity index is 2.61. The molecule has 0 radical (unpaired) electrons. The number of nitrogens with one attached hydrogen (secondary N) is 1. The Hall–Kier alpha value is -1.00. The molecule has 0 aliphatic carbocycles. The van der Waals surface area contributed by atoms with Crippen molar-refractivity contribution < 1.29 is 0 Å². The zero-order chi connectivity index (χ0) is 8.10. The molecule has 0 aromatic carbocycles. The van der Waals surface area contributed by atoms with Crippen LogP contribution in [0.1, 0.15) is 11.7 Å². The van der Waals surface area contributed by atoms with Gasteiger partial charge in [0.2, 0.25) is 0 Å². The second-order valence-electron chi connectivity index (χ2n) is 2.29. The molecule has 3 N–H and O–H groups in total. The van der Waals surface area contributed by atoms with Crippen LogP contribution in [0.5, 0.6) is 0 Å². The predicted octanol–water partition coefficient (Wildman–Crippen LogP) is -0.304. The standard InChI is InChI=1S/C7H12N4/c1-9-4-6(8)7-5-10-2-3-11-7/h2-3,5-6,9H,4,8H2,1H3. The maximum atomic E-state index is 5.74. The molecule has 1 aromatic heterocycles. The molecule has 60 valence electrons. The molecule has 4 heteroatoms. The van der Waals surface area contributed by atoms with E-state index in [0.29, 0.717) is 0 Å². The van der Waals surface area contributed by atoms with Crippen LogP contribution in [0, 0.1) is 0 Å². The van der Waals surface area contributed by atoms with Crippen LogP contribution in [0.2, 0.25) is 0 Å². The van der Waals surface area contributed by atoms with Gasteiger partial charge in [0.25, 0.3) is 0 Å². The Kier molecular flexibility index (Phi) is 2.95. The Labute approximate surface area is 65.9 Å². The third-order valence-corrected chi connectivity index (χ3v) is 1.39. The second-order valence-corrected chi connectivity index (χ2v) is 2.29. The van der Waals surface area contributed by atoms with Crippen LogP contribution in [0.15, 0.2) is 18.6 Å². The maximum Gasteiger partial charge on any atom is 0.0766 e. The number of hydrogen-bond acceptors (Lipinski definition) is 4. The first kappa shape index (κ1) is 8.10. The highest BCUT2D eigenvalue weighted by molar-refractivity contribution is 5.01. The van der Waals surface area contributed by atoms with E-state index in [2.05, 4.69) is 15.3 Å². The van der Waals surface area contributed by atoms with E-state index in [-0.39, 0.29) is 6.04 Å². The molecular weight excluding hydrogens is 140 g/mol. The number of hydrogen-bond donors (Lipinski definition) is 2. The van der Waals surface area contributed by atoms with Gasteiger partial charge in [-0.2, -0.15) is 0 Å². The highest BCUT2D eigenvalue weighted by Crippen LogP contribution is 2.01. The molecule has 1 rings (SSSR count). The highest BCUT2D eigenvalue weighted by atomic mass is 14.9. The molecule has 0 aliphatic rings. The van der Waals surface area contributed by atoms with Crippen LogP contribution in [-0.2, 0) is 0 Å². The summed E-state index contributed by atoms with van der Waals surface area (Å²) in [6, 6.07) is -0.0614. The van der Waals surface area contributed by atoms with Crippen molar-refractivity contribution in [3.05, 3.63) is 24.3 Å². The van der Waals surface area contributed by atoms with Crippen molar-refractivity contribution in [1.29, 1.82) is 0 Å². The molecule has 0 spiro atoms. The maximum absolute atomic E-state index is 5.74. The van der Waals surface area contributed by atoms with Crippen LogP contribution >= 0.6 is 0 Å². The zero-order valence-corrected chi connectivity index (χ0v) is 6.49. The van der Waals surface area contributed by atoms with Crippen molar-refractivity contribution in [1.82, 2.24) is 15.3 Å². The molecule has 0 saturated carbocycles. The minimum atomic E-state index is -0.0614. The SMILES string of the molecule is CNCC(N)c1cnccn1. The van der Waals surface area contributed by atoms with Gasteiger partial charge in [0.15, 0.2) is 0 Å². The number of aromatic nitrogens is 2. The Bertz CT molecular complexity index is 199. The van der Waals surface area contributed by atoms with Crippen molar-refractivity contribution in [2.45, 2.75) is 6.04 Å². The Morgan fingerprint density at radius 1 is 1.64 bits per heavy atom. The van der Waals surface area contributed by atoms with Gasteiger partial charge in [-0.25, -0.2) is 0 Å². The second kappa shape index (κ2) is 4.00. The van der Waals surface area contributed by atoms with E-state index in [4.69, 9.17) is 5.73 Å². The lowest BCUT2D eigenvalue weighted by molar-refractivity contribution is 0.634. The largest absolute Gasteiger partial charge is 0.322 e. The summed E-state index contributed by atoms with van der Waals surface area (Å²) in [7, 11) is 1.86. The summed E-state index contributed by atoms with van der Waals surface area (Å²) >= 11 is 0. The first-order chi connectivity index (χ1) is 5.34. The van der Waals surface area contributed by atoms with E-state index in [1.54, 1.807) is 18.6 Å². The lowest BCUT2D eigenvalue weighted by Crippen LogP contribution is -2.24. The van der Waals surface area contributed by atoms with Crippen molar-refractivity contribution in [3.8, 4) is 0 Å². The van der Waals surface area contributed by atoms with Gasteiger partial charge in [-0.15, -0.1) is 0 Å². The number of likely N-dealkylation sites (N-methyl/N-ethyl adjacent to an activating group) is 1. The summed E-state index contributed by atoms with van der Waals surface area (Å²) in [5.74, 6) is 0. The smallest absolute Gasteiger partial charge is 0.0766 e. The summed E-state index contributed by atoms with van der Waals surface area (Å²) < 4.78 is 0.